The molecule has 0 aliphatic rings. The Balaban J connectivity index is 1.92. The average molecular weight is 858 g/mol. The molecule has 0 aromatic heterocycles. The molecular weight excluding hydrogens is 851 g/mol. The van der Waals surface area contributed by atoms with Crippen LogP contribution in [-0.4, -0.2) is 32.2 Å². The molecule has 0 saturated carbocycles. The number of ether oxygens (including phenoxy) is 2. The Kier molecular flexibility index (Phi) is 8.69. The quantitative estimate of drug-likeness (QED) is 0.0822. The van der Waals surface area contributed by atoms with Gasteiger partial charge >= 0.3 is 16.1 Å². The van der Waals surface area contributed by atoms with Gasteiger partial charge in [0.1, 0.15) is 13.2 Å². The topological polar surface area (TPSA) is 89.9 Å². The van der Waals surface area contributed by atoms with E-state index in [1.54, 1.807) is 6.07 Å². The molecule has 0 aliphatic heterocycles. The molecular formula is C19H7F6I3O6S. The van der Waals surface area contributed by atoms with Crippen molar-refractivity contribution in [1.82, 2.24) is 0 Å². The molecule has 35 heavy (non-hydrogen) atoms. The van der Waals surface area contributed by atoms with Crippen LogP contribution in [0.2, 0.25) is 0 Å². The lowest BCUT2D eigenvalue weighted by Gasteiger charge is -2.14. The van der Waals surface area contributed by atoms with Gasteiger partial charge in [0, 0.05) is 10.7 Å². The highest BCUT2D eigenvalue weighted by Gasteiger charge is 2.35. The number of halogens is 9. The van der Waals surface area contributed by atoms with E-state index in [1.807, 2.05) is 67.8 Å². The van der Waals surface area contributed by atoms with Gasteiger partial charge in [-0.3, -0.25) is 4.55 Å². The van der Waals surface area contributed by atoms with Crippen molar-refractivity contribution >= 4 is 94.6 Å². The number of esters is 1. The third kappa shape index (κ3) is 5.44. The molecule has 0 heterocycles. The standard InChI is InChI=1S/C19H7F6I3O6S/c20-10-9-8(11(21)15(25)18(13(9)23)35(30,31)32)12(22)17(14(10)24)33-1-2-34-19(29)6-3-5(26)4-7(27)16(6)28/h3-4H,1-2H2,(H,30,31,32). The van der Waals surface area contributed by atoms with Gasteiger partial charge in [-0.25, -0.2) is 26.7 Å². The summed E-state index contributed by atoms with van der Waals surface area (Å²) in [6.07, 6.45) is 0. The molecule has 188 valence electrons. The van der Waals surface area contributed by atoms with E-state index in [0.29, 0.717) is 3.57 Å². The molecule has 0 aliphatic carbocycles. The van der Waals surface area contributed by atoms with E-state index in [9.17, 15) is 39.6 Å². The maximum Gasteiger partial charge on any atom is 0.339 e. The second-order valence-electron chi connectivity index (χ2n) is 6.50. The highest BCUT2D eigenvalue weighted by molar-refractivity contribution is 14.1. The normalized spacial score (nSPS) is 11.7. The lowest BCUT2D eigenvalue weighted by atomic mass is 10.1. The molecule has 0 unspecified atom stereocenters. The van der Waals surface area contributed by atoms with Crippen LogP contribution in [0, 0.1) is 45.6 Å². The van der Waals surface area contributed by atoms with E-state index in [4.69, 9.17) is 14.0 Å². The number of hydrogen-bond donors (Lipinski definition) is 1. The Morgan fingerprint density at radius 1 is 0.829 bits per heavy atom. The highest BCUT2D eigenvalue weighted by atomic mass is 127. The Labute approximate surface area is 233 Å². The van der Waals surface area contributed by atoms with Crippen molar-refractivity contribution in [3.63, 3.8) is 0 Å². The predicted octanol–water partition coefficient (Wildman–Crippen LogP) is 5.97. The van der Waals surface area contributed by atoms with Crippen LogP contribution in [0.3, 0.4) is 0 Å². The SMILES string of the molecule is O=C(OCCOc1c(F)c(F)c2c(F)c(S(=O)(=O)O)c(F)c(F)c2c1F)c1cc(I)cc(I)c1I. The molecule has 0 amide bonds. The van der Waals surface area contributed by atoms with Gasteiger partial charge in [0.2, 0.25) is 5.82 Å². The first-order chi connectivity index (χ1) is 16.2. The van der Waals surface area contributed by atoms with Crippen LogP contribution >= 0.6 is 67.8 Å². The molecule has 3 aromatic carbocycles. The molecule has 0 saturated heterocycles. The summed E-state index contributed by atoms with van der Waals surface area (Å²) < 4.78 is 129. The molecule has 3 rings (SSSR count). The van der Waals surface area contributed by atoms with Crippen LogP contribution in [-0.2, 0) is 14.9 Å². The van der Waals surface area contributed by atoms with Crippen LogP contribution in [0.15, 0.2) is 17.0 Å². The van der Waals surface area contributed by atoms with Crippen molar-refractivity contribution in [2.75, 3.05) is 13.2 Å². The first-order valence-corrected chi connectivity index (χ1v) is 13.4. The molecule has 0 fully saturated rings. The largest absolute Gasteiger partial charge is 0.484 e. The summed E-state index contributed by atoms with van der Waals surface area (Å²) in [5.74, 6) is -16.4. The van der Waals surface area contributed by atoms with Gasteiger partial charge in [0.15, 0.2) is 39.7 Å². The van der Waals surface area contributed by atoms with Crippen molar-refractivity contribution in [1.29, 1.82) is 0 Å². The number of rotatable bonds is 6. The Morgan fingerprint density at radius 3 is 2.00 bits per heavy atom. The second-order valence-corrected chi connectivity index (χ2v) is 11.3. The van der Waals surface area contributed by atoms with Gasteiger partial charge in [0.25, 0.3) is 0 Å². The number of hydrogen-bond acceptors (Lipinski definition) is 5. The van der Waals surface area contributed by atoms with E-state index in [1.165, 1.54) is 6.07 Å². The first-order valence-electron chi connectivity index (χ1n) is 8.77. The molecule has 0 radical (unpaired) electrons. The minimum absolute atomic E-state index is 0.193. The van der Waals surface area contributed by atoms with E-state index >= 15 is 0 Å². The van der Waals surface area contributed by atoms with Crippen LogP contribution in [0.1, 0.15) is 10.4 Å². The van der Waals surface area contributed by atoms with Gasteiger partial charge in [-0.2, -0.15) is 12.8 Å². The van der Waals surface area contributed by atoms with Gasteiger partial charge in [-0.15, -0.1) is 0 Å². The van der Waals surface area contributed by atoms with E-state index in [-0.39, 0.29) is 5.56 Å². The van der Waals surface area contributed by atoms with Crippen LogP contribution in [0.5, 0.6) is 5.75 Å². The fourth-order valence-electron chi connectivity index (χ4n) is 2.88. The molecule has 16 heteroatoms. The minimum atomic E-state index is -5.77. The third-order valence-electron chi connectivity index (χ3n) is 4.34. The smallest absolute Gasteiger partial charge is 0.339 e. The summed E-state index contributed by atoms with van der Waals surface area (Å²) >= 11 is 5.88. The Bertz CT molecular complexity index is 1500. The number of fused-ring (bicyclic) bond motifs is 1. The zero-order chi connectivity index (χ0) is 26.4. The highest BCUT2D eigenvalue weighted by Crippen LogP contribution is 2.39. The van der Waals surface area contributed by atoms with E-state index in [0.717, 1.165) is 7.14 Å². The van der Waals surface area contributed by atoms with Crippen molar-refractivity contribution in [3.05, 3.63) is 63.3 Å². The molecule has 0 spiro atoms. The van der Waals surface area contributed by atoms with E-state index < -0.39 is 85.6 Å². The van der Waals surface area contributed by atoms with Crippen LogP contribution in [0.25, 0.3) is 10.8 Å². The summed E-state index contributed by atoms with van der Waals surface area (Å²) in [7, 11) is -5.77. The molecule has 6 nitrogen and oxygen atoms in total. The van der Waals surface area contributed by atoms with Crippen molar-refractivity contribution in [2.24, 2.45) is 0 Å². The van der Waals surface area contributed by atoms with Crippen LogP contribution in [0.4, 0.5) is 26.3 Å². The lowest BCUT2D eigenvalue weighted by molar-refractivity contribution is 0.0444. The fourth-order valence-corrected chi connectivity index (χ4v) is 5.90. The Hall–Kier alpha value is -1.13. The summed E-state index contributed by atoms with van der Waals surface area (Å²) in [6, 6.07) is 3.32. The van der Waals surface area contributed by atoms with Crippen LogP contribution < -0.4 is 4.74 Å². The Morgan fingerprint density at radius 2 is 1.40 bits per heavy atom. The number of benzene rings is 3. The van der Waals surface area contributed by atoms with Crippen molar-refractivity contribution < 1.29 is 53.6 Å². The van der Waals surface area contributed by atoms with Gasteiger partial charge < -0.3 is 9.47 Å². The van der Waals surface area contributed by atoms with E-state index in [2.05, 4.69) is 0 Å². The number of carbonyl (C=O) groups excluding carboxylic acids is 1. The summed E-state index contributed by atoms with van der Waals surface area (Å²) in [5, 5.41) is -3.69. The first kappa shape index (κ1) is 28.4. The van der Waals surface area contributed by atoms with Gasteiger partial charge in [0.05, 0.1) is 16.3 Å². The van der Waals surface area contributed by atoms with Crippen molar-refractivity contribution in [3.8, 4) is 5.75 Å². The molecule has 0 bridgehead atoms. The maximum atomic E-state index is 14.7. The number of carbonyl (C=O) groups is 1. The lowest BCUT2D eigenvalue weighted by Crippen LogP contribution is -2.16. The average Bonchev–Trinajstić information content (AvgIpc) is 2.75. The molecule has 1 N–H and O–H groups in total. The summed E-state index contributed by atoms with van der Waals surface area (Å²) in [4.78, 5) is 9.96. The molecule has 0 atom stereocenters. The fraction of sp³-hybridized carbons (Fsp3) is 0.105. The summed E-state index contributed by atoms with van der Waals surface area (Å²) in [5.41, 5.74) is 0.193. The predicted molar refractivity (Wildman–Crippen MR) is 134 cm³/mol. The zero-order valence-corrected chi connectivity index (χ0v) is 23.7. The molecule has 3 aromatic rings. The second kappa shape index (κ2) is 10.7. The van der Waals surface area contributed by atoms with Gasteiger partial charge in [-0.1, -0.05) is 0 Å². The summed E-state index contributed by atoms with van der Waals surface area (Å²) in [6.45, 7) is -1.39. The minimum Gasteiger partial charge on any atom is -0.484 e. The van der Waals surface area contributed by atoms with Gasteiger partial charge in [-0.05, 0) is 79.9 Å². The zero-order valence-electron chi connectivity index (χ0n) is 16.4. The maximum absolute atomic E-state index is 14.7. The van der Waals surface area contributed by atoms with Crippen molar-refractivity contribution in [2.45, 2.75) is 4.90 Å². The monoisotopic (exact) mass is 858 g/mol. The third-order valence-corrected chi connectivity index (χ3v) is 8.89.